The van der Waals surface area contributed by atoms with E-state index in [-0.39, 0.29) is 0 Å². The van der Waals surface area contributed by atoms with Crippen molar-refractivity contribution in [2.75, 3.05) is 31.3 Å². The monoisotopic (exact) mass is 277 g/mol. The molecule has 1 saturated heterocycles. The van der Waals surface area contributed by atoms with Crippen LogP contribution in [0.5, 0.6) is 0 Å². The van der Waals surface area contributed by atoms with Crippen LogP contribution in [0.15, 0.2) is 12.1 Å². The Balaban J connectivity index is 1.71. The van der Waals surface area contributed by atoms with Gasteiger partial charge >= 0.3 is 0 Å². The van der Waals surface area contributed by atoms with Crippen LogP contribution >= 0.6 is 0 Å². The molecule has 1 aliphatic heterocycles. The average Bonchev–Trinajstić information content (AvgIpc) is 2.89. The second kappa shape index (κ2) is 6.06. The summed E-state index contributed by atoms with van der Waals surface area (Å²) in [6, 6.07) is 4.52. The van der Waals surface area contributed by atoms with Gasteiger partial charge in [-0.1, -0.05) is 0 Å². The fraction of sp³-hybridized carbons (Fsp3) is 0.733. The van der Waals surface area contributed by atoms with Gasteiger partial charge in [-0.3, -0.25) is 0 Å². The van der Waals surface area contributed by atoms with Crippen LogP contribution in [-0.2, 0) is 9.47 Å². The molecule has 110 valence electrons. The molecule has 0 radical (unpaired) electrons. The Bertz CT molecular complexity index is 437. The molecule has 1 aromatic heterocycles. The standard InChI is InChI=1S/C15H23N3O2/c1-3-19-10-12-8-13-14(9-12)20-7-6-18(13)15-5-4-11(2)16-17-15/h4-5,12-14H,3,6-10H2,1-2H3/t12?,13-,14-/m0/s1. The van der Waals surface area contributed by atoms with E-state index < -0.39 is 0 Å². The summed E-state index contributed by atoms with van der Waals surface area (Å²) in [7, 11) is 0. The highest BCUT2D eigenvalue weighted by Gasteiger charge is 2.41. The Hall–Kier alpha value is -1.20. The molecule has 0 spiro atoms. The molecular weight excluding hydrogens is 254 g/mol. The molecule has 0 bridgehead atoms. The molecule has 0 N–H and O–H groups in total. The lowest BCUT2D eigenvalue weighted by molar-refractivity contribution is 0.0211. The van der Waals surface area contributed by atoms with Crippen LogP contribution in [0.25, 0.3) is 0 Å². The van der Waals surface area contributed by atoms with Crippen molar-refractivity contribution in [3.05, 3.63) is 17.8 Å². The minimum atomic E-state index is 0.317. The summed E-state index contributed by atoms with van der Waals surface area (Å²) in [5.74, 6) is 1.58. The fourth-order valence-electron chi connectivity index (χ4n) is 3.30. The van der Waals surface area contributed by atoms with Crippen LogP contribution in [0.3, 0.4) is 0 Å². The SMILES string of the molecule is CCOCC1C[C@@H]2OCCN(c3ccc(C)nn3)[C@H]2C1. The summed E-state index contributed by atoms with van der Waals surface area (Å²) >= 11 is 0. The molecule has 2 fully saturated rings. The van der Waals surface area contributed by atoms with Crippen LogP contribution in [0.4, 0.5) is 5.82 Å². The van der Waals surface area contributed by atoms with E-state index >= 15 is 0 Å². The van der Waals surface area contributed by atoms with E-state index in [4.69, 9.17) is 9.47 Å². The smallest absolute Gasteiger partial charge is 0.151 e. The van der Waals surface area contributed by atoms with E-state index in [1.165, 1.54) is 0 Å². The predicted molar refractivity (Wildman–Crippen MR) is 76.9 cm³/mol. The normalized spacial score (nSPS) is 29.5. The third-order valence-electron chi connectivity index (χ3n) is 4.27. The van der Waals surface area contributed by atoms with E-state index in [0.29, 0.717) is 18.1 Å². The quantitative estimate of drug-likeness (QED) is 0.840. The van der Waals surface area contributed by atoms with Crippen LogP contribution in [0, 0.1) is 12.8 Å². The Morgan fingerprint density at radius 3 is 3.00 bits per heavy atom. The highest BCUT2D eigenvalue weighted by atomic mass is 16.5. The maximum atomic E-state index is 5.94. The van der Waals surface area contributed by atoms with Crippen LogP contribution in [-0.4, -0.2) is 48.7 Å². The van der Waals surface area contributed by atoms with Gasteiger partial charge < -0.3 is 14.4 Å². The van der Waals surface area contributed by atoms with Gasteiger partial charge in [0.2, 0.25) is 0 Å². The van der Waals surface area contributed by atoms with Gasteiger partial charge in [0, 0.05) is 19.8 Å². The number of morpholine rings is 1. The molecule has 0 amide bonds. The zero-order chi connectivity index (χ0) is 13.9. The summed E-state index contributed by atoms with van der Waals surface area (Å²) in [6.07, 6.45) is 2.54. The molecule has 1 aliphatic carbocycles. The van der Waals surface area contributed by atoms with Crippen molar-refractivity contribution < 1.29 is 9.47 Å². The van der Waals surface area contributed by atoms with Crippen molar-refractivity contribution in [3.63, 3.8) is 0 Å². The summed E-state index contributed by atoms with van der Waals surface area (Å²) < 4.78 is 11.5. The second-order valence-corrected chi connectivity index (χ2v) is 5.70. The van der Waals surface area contributed by atoms with Gasteiger partial charge in [-0.25, -0.2) is 0 Å². The number of hydrogen-bond acceptors (Lipinski definition) is 5. The maximum absolute atomic E-state index is 5.94. The van der Waals surface area contributed by atoms with Crippen molar-refractivity contribution in [2.45, 2.75) is 38.8 Å². The highest BCUT2D eigenvalue weighted by molar-refractivity contribution is 5.40. The lowest BCUT2D eigenvalue weighted by Gasteiger charge is -2.38. The zero-order valence-corrected chi connectivity index (χ0v) is 12.3. The number of nitrogens with zero attached hydrogens (tertiary/aromatic N) is 3. The topological polar surface area (TPSA) is 47.5 Å². The first-order valence-corrected chi connectivity index (χ1v) is 7.54. The van der Waals surface area contributed by atoms with Crippen LogP contribution < -0.4 is 4.90 Å². The molecule has 1 unspecified atom stereocenters. The first-order chi connectivity index (χ1) is 9.78. The van der Waals surface area contributed by atoms with Gasteiger partial charge in [0.05, 0.1) is 24.4 Å². The number of fused-ring (bicyclic) bond motifs is 1. The maximum Gasteiger partial charge on any atom is 0.151 e. The first kappa shape index (κ1) is 13.8. The van der Waals surface area contributed by atoms with Crippen LogP contribution in [0.2, 0.25) is 0 Å². The van der Waals surface area contributed by atoms with Gasteiger partial charge in [-0.05, 0) is 44.7 Å². The van der Waals surface area contributed by atoms with E-state index in [9.17, 15) is 0 Å². The predicted octanol–water partition coefficient (Wildman–Crippen LogP) is 1.81. The Morgan fingerprint density at radius 1 is 1.35 bits per heavy atom. The first-order valence-electron chi connectivity index (χ1n) is 7.54. The second-order valence-electron chi connectivity index (χ2n) is 5.70. The third kappa shape index (κ3) is 2.79. The number of ether oxygens (including phenoxy) is 2. The summed E-state index contributed by atoms with van der Waals surface area (Å²) in [4.78, 5) is 2.37. The number of aromatic nitrogens is 2. The molecule has 2 heterocycles. The van der Waals surface area contributed by atoms with Gasteiger partial charge in [0.15, 0.2) is 5.82 Å². The number of aryl methyl sites for hydroxylation is 1. The van der Waals surface area contributed by atoms with E-state index in [1.807, 2.05) is 19.9 Å². The molecule has 5 nitrogen and oxygen atoms in total. The Morgan fingerprint density at radius 2 is 2.25 bits per heavy atom. The van der Waals surface area contributed by atoms with Gasteiger partial charge in [0.1, 0.15) is 0 Å². The molecule has 20 heavy (non-hydrogen) atoms. The molecule has 2 aliphatic rings. The molecule has 3 rings (SSSR count). The van der Waals surface area contributed by atoms with E-state index in [1.54, 1.807) is 0 Å². The van der Waals surface area contributed by atoms with Crippen molar-refractivity contribution in [1.29, 1.82) is 0 Å². The molecule has 5 heteroatoms. The molecular formula is C15H23N3O2. The summed E-state index contributed by atoms with van der Waals surface area (Å²) in [5, 5.41) is 8.52. The number of hydrogen-bond donors (Lipinski definition) is 0. The number of rotatable bonds is 4. The Kier molecular flexibility index (Phi) is 4.17. The van der Waals surface area contributed by atoms with Crippen molar-refractivity contribution in [3.8, 4) is 0 Å². The van der Waals surface area contributed by atoms with Crippen molar-refractivity contribution >= 4 is 5.82 Å². The molecule has 0 aromatic carbocycles. The van der Waals surface area contributed by atoms with Gasteiger partial charge in [0.25, 0.3) is 0 Å². The minimum Gasteiger partial charge on any atom is -0.381 e. The lowest BCUT2D eigenvalue weighted by atomic mass is 10.1. The van der Waals surface area contributed by atoms with Gasteiger partial charge in [-0.15, -0.1) is 5.10 Å². The van der Waals surface area contributed by atoms with Gasteiger partial charge in [-0.2, -0.15) is 5.10 Å². The minimum absolute atomic E-state index is 0.317. The fourth-order valence-corrected chi connectivity index (χ4v) is 3.30. The van der Waals surface area contributed by atoms with Crippen LogP contribution in [0.1, 0.15) is 25.5 Å². The molecule has 1 aromatic rings. The average molecular weight is 277 g/mol. The Labute approximate surface area is 120 Å². The molecule has 1 saturated carbocycles. The van der Waals surface area contributed by atoms with Crippen molar-refractivity contribution in [2.24, 2.45) is 5.92 Å². The summed E-state index contributed by atoms with van der Waals surface area (Å²) in [5.41, 5.74) is 0.958. The summed E-state index contributed by atoms with van der Waals surface area (Å²) in [6.45, 7) is 7.33. The van der Waals surface area contributed by atoms with E-state index in [0.717, 1.165) is 50.7 Å². The largest absolute Gasteiger partial charge is 0.381 e. The molecule has 3 atom stereocenters. The highest BCUT2D eigenvalue weighted by Crippen LogP contribution is 2.36. The van der Waals surface area contributed by atoms with E-state index in [2.05, 4.69) is 21.2 Å². The van der Waals surface area contributed by atoms with Crippen molar-refractivity contribution in [1.82, 2.24) is 10.2 Å². The lowest BCUT2D eigenvalue weighted by Crippen LogP contribution is -2.49. The number of anilines is 1. The third-order valence-corrected chi connectivity index (χ3v) is 4.27. The zero-order valence-electron chi connectivity index (χ0n) is 12.3.